The summed E-state index contributed by atoms with van der Waals surface area (Å²) in [6.45, 7) is 6.52. The standard InChI is InChI=1S/C4H9INSi2/c1-4(2,3)6(7)8-5/h1-3H3. The van der Waals surface area contributed by atoms with Crippen LogP contribution in [0.15, 0.2) is 0 Å². The van der Waals surface area contributed by atoms with E-state index in [0.29, 0.717) is 0 Å². The molecular weight excluding hydrogens is 245 g/mol. The molecule has 0 aliphatic heterocycles. The maximum absolute atomic E-state index is 3.48. The Labute approximate surface area is 69.8 Å². The highest BCUT2D eigenvalue weighted by Gasteiger charge is 2.14. The predicted molar refractivity (Wildman–Crippen MR) is 47.1 cm³/mol. The van der Waals surface area contributed by atoms with Crippen molar-refractivity contribution < 1.29 is 0 Å². The minimum atomic E-state index is 0.260. The van der Waals surface area contributed by atoms with E-state index in [9.17, 15) is 0 Å². The summed E-state index contributed by atoms with van der Waals surface area (Å²) < 4.78 is 2.13. The van der Waals surface area contributed by atoms with Gasteiger partial charge < -0.3 is 4.23 Å². The van der Waals surface area contributed by atoms with E-state index >= 15 is 0 Å². The first-order valence-corrected chi connectivity index (χ1v) is 6.87. The van der Waals surface area contributed by atoms with Gasteiger partial charge in [0, 0.05) is 0 Å². The topological polar surface area (TPSA) is 3.24 Å². The molecule has 1 nitrogen and oxygen atoms in total. The lowest BCUT2D eigenvalue weighted by Gasteiger charge is -2.29. The molecule has 0 unspecified atom stereocenters. The van der Waals surface area contributed by atoms with Gasteiger partial charge in [-0.2, -0.15) is 0 Å². The normalized spacial score (nSPS) is 12.8. The van der Waals surface area contributed by atoms with Gasteiger partial charge in [0.2, 0.25) is 7.18 Å². The second-order valence-corrected chi connectivity index (χ2v) is 5.55. The van der Waals surface area contributed by atoms with Crippen LogP contribution >= 0.6 is 21.8 Å². The molecule has 0 aliphatic carbocycles. The van der Waals surface area contributed by atoms with Gasteiger partial charge in [-0.1, -0.05) is 0 Å². The zero-order chi connectivity index (χ0) is 6.78. The zero-order valence-electron chi connectivity index (χ0n) is 5.33. The lowest BCUT2D eigenvalue weighted by atomic mass is 10.1. The fourth-order valence-electron chi connectivity index (χ4n) is 0.127. The summed E-state index contributed by atoms with van der Waals surface area (Å²) in [6.07, 6.45) is 0. The highest BCUT2D eigenvalue weighted by Crippen LogP contribution is 2.08. The van der Waals surface area contributed by atoms with Crippen molar-refractivity contribution in [3.05, 3.63) is 0 Å². The van der Waals surface area contributed by atoms with E-state index < -0.39 is 0 Å². The molecule has 0 atom stereocenters. The molecule has 0 saturated carbocycles. The highest BCUT2D eigenvalue weighted by molar-refractivity contribution is 14.1. The van der Waals surface area contributed by atoms with Crippen LogP contribution in [0.4, 0.5) is 0 Å². The molecule has 0 saturated heterocycles. The van der Waals surface area contributed by atoms with Gasteiger partial charge in [-0.05, 0) is 26.3 Å². The summed E-state index contributed by atoms with van der Waals surface area (Å²) in [4.78, 5) is 0. The van der Waals surface area contributed by atoms with E-state index in [4.69, 9.17) is 0 Å². The number of halogens is 1. The maximum Gasteiger partial charge on any atom is 0.224 e. The van der Waals surface area contributed by atoms with E-state index in [2.05, 4.69) is 57.2 Å². The van der Waals surface area contributed by atoms with Crippen LogP contribution < -0.4 is 0 Å². The minimum absolute atomic E-state index is 0.260. The van der Waals surface area contributed by atoms with E-state index in [-0.39, 0.29) is 5.54 Å². The summed E-state index contributed by atoms with van der Waals surface area (Å²) >= 11 is 2.34. The van der Waals surface area contributed by atoms with Crippen molar-refractivity contribution in [2.45, 2.75) is 26.3 Å². The fourth-order valence-corrected chi connectivity index (χ4v) is 2.55. The molecule has 0 fully saturated rings. The van der Waals surface area contributed by atoms with E-state index in [1.165, 1.54) is 0 Å². The molecule has 0 aromatic rings. The lowest BCUT2D eigenvalue weighted by Crippen LogP contribution is -2.39. The molecule has 0 aliphatic rings. The van der Waals surface area contributed by atoms with E-state index in [0.717, 1.165) is 7.18 Å². The molecule has 5 radical (unpaired) electrons. The molecule has 0 aromatic carbocycles. The Bertz CT molecular complexity index is 70.9. The van der Waals surface area contributed by atoms with Crippen molar-refractivity contribution in [3.8, 4) is 0 Å². The first-order valence-electron chi connectivity index (χ1n) is 2.36. The number of hydrogen-bond acceptors (Lipinski definition) is 1. The highest BCUT2D eigenvalue weighted by atomic mass is 127. The quantitative estimate of drug-likeness (QED) is 0.385. The lowest BCUT2D eigenvalue weighted by molar-refractivity contribution is 0.388. The Morgan fingerprint density at radius 2 is 1.88 bits per heavy atom. The maximum atomic E-state index is 3.48. The van der Waals surface area contributed by atoms with E-state index in [1.54, 1.807) is 0 Å². The SMILES string of the molecule is CC(C)(C)N([Si])[Si]I. The minimum Gasteiger partial charge on any atom is -0.337 e. The third kappa shape index (κ3) is 3.21. The second-order valence-electron chi connectivity index (χ2n) is 2.59. The number of nitrogens with zero attached hydrogens (tertiary/aromatic N) is 1. The molecule has 4 heteroatoms. The average Bonchev–Trinajstić information content (AvgIpc) is 1.62. The summed E-state index contributed by atoms with van der Waals surface area (Å²) in [5.74, 6) is 0. The number of rotatable bonds is 1. The molecule has 0 amide bonds. The Morgan fingerprint density at radius 1 is 1.50 bits per heavy atom. The van der Waals surface area contributed by atoms with Crippen molar-refractivity contribution in [1.82, 2.24) is 4.23 Å². The van der Waals surface area contributed by atoms with Crippen molar-refractivity contribution in [1.29, 1.82) is 0 Å². The molecule has 0 bridgehead atoms. The van der Waals surface area contributed by atoms with Crippen molar-refractivity contribution in [2.75, 3.05) is 0 Å². The zero-order valence-corrected chi connectivity index (χ0v) is 9.48. The third-order valence-corrected chi connectivity index (χ3v) is 5.41. The van der Waals surface area contributed by atoms with Crippen LogP contribution in [0.3, 0.4) is 0 Å². The van der Waals surface area contributed by atoms with Crippen LogP contribution in [-0.2, 0) is 0 Å². The van der Waals surface area contributed by atoms with E-state index in [1.807, 2.05) is 0 Å². The first-order chi connectivity index (χ1) is 3.48. The van der Waals surface area contributed by atoms with Crippen LogP contribution in [0.1, 0.15) is 20.8 Å². The van der Waals surface area contributed by atoms with Crippen LogP contribution in [0.25, 0.3) is 0 Å². The van der Waals surface area contributed by atoms with Crippen LogP contribution in [-0.4, -0.2) is 27.4 Å². The van der Waals surface area contributed by atoms with Gasteiger partial charge in [0.25, 0.3) is 0 Å². The van der Waals surface area contributed by atoms with Gasteiger partial charge in [0.1, 0.15) is 10.4 Å². The van der Waals surface area contributed by atoms with Crippen molar-refractivity contribution >= 4 is 39.4 Å². The molecule has 0 heterocycles. The number of hydrogen-bond donors (Lipinski definition) is 0. The molecule has 45 valence electrons. The Hall–Kier alpha value is 1.12. The van der Waals surface area contributed by atoms with Gasteiger partial charge >= 0.3 is 0 Å². The summed E-state index contributed by atoms with van der Waals surface area (Å²) in [5.41, 5.74) is 0.260. The molecule has 0 aromatic heterocycles. The molecular formula is C4H9INSi2. The summed E-state index contributed by atoms with van der Waals surface area (Å²) in [6, 6.07) is 0. The molecule has 0 rings (SSSR count). The van der Waals surface area contributed by atoms with Crippen molar-refractivity contribution in [2.24, 2.45) is 0 Å². The van der Waals surface area contributed by atoms with Crippen LogP contribution in [0.5, 0.6) is 0 Å². The average molecular weight is 254 g/mol. The van der Waals surface area contributed by atoms with Gasteiger partial charge in [-0.15, -0.1) is 21.8 Å². The smallest absolute Gasteiger partial charge is 0.224 e. The van der Waals surface area contributed by atoms with Gasteiger partial charge in [0.15, 0.2) is 0 Å². The van der Waals surface area contributed by atoms with Gasteiger partial charge in [-0.25, -0.2) is 0 Å². The van der Waals surface area contributed by atoms with Gasteiger partial charge in [0.05, 0.1) is 0 Å². The fraction of sp³-hybridized carbons (Fsp3) is 1.00. The molecule has 0 spiro atoms. The Balaban J connectivity index is 3.62. The molecule has 8 heavy (non-hydrogen) atoms. The van der Waals surface area contributed by atoms with Crippen LogP contribution in [0, 0.1) is 0 Å². The third-order valence-electron chi connectivity index (χ3n) is 0.755. The monoisotopic (exact) mass is 254 g/mol. The summed E-state index contributed by atoms with van der Waals surface area (Å²) in [5, 5.41) is 0. The Kier molecular flexibility index (Phi) is 3.80. The largest absolute Gasteiger partial charge is 0.337 e. The predicted octanol–water partition coefficient (Wildman–Crippen LogP) is 1.14. The van der Waals surface area contributed by atoms with Crippen molar-refractivity contribution in [3.63, 3.8) is 0 Å². The second kappa shape index (κ2) is 3.33. The summed E-state index contributed by atoms with van der Waals surface area (Å²) in [7, 11) is 4.28. The first kappa shape index (κ1) is 9.12. The molecule has 0 N–H and O–H groups in total. The van der Waals surface area contributed by atoms with Gasteiger partial charge in [-0.3, -0.25) is 0 Å². The van der Waals surface area contributed by atoms with Crippen LogP contribution in [0.2, 0.25) is 0 Å². The Morgan fingerprint density at radius 3 is 1.88 bits per heavy atom.